The maximum atomic E-state index is 9.03. The molecule has 1 spiro atoms. The van der Waals surface area contributed by atoms with Gasteiger partial charge >= 0.3 is 0 Å². The minimum absolute atomic E-state index is 0.0501. The van der Waals surface area contributed by atoms with Gasteiger partial charge in [-0.05, 0) is 25.9 Å². The van der Waals surface area contributed by atoms with Gasteiger partial charge in [0, 0.05) is 18.9 Å². The van der Waals surface area contributed by atoms with Crippen molar-refractivity contribution in [2.24, 2.45) is 11.1 Å². The minimum Gasteiger partial charge on any atom is -0.390 e. The van der Waals surface area contributed by atoms with E-state index in [0.29, 0.717) is 5.92 Å². The summed E-state index contributed by atoms with van der Waals surface area (Å²) < 4.78 is 0. The second-order valence-corrected chi connectivity index (χ2v) is 4.70. The van der Waals surface area contributed by atoms with E-state index in [9.17, 15) is 0 Å². The zero-order chi connectivity index (χ0) is 9.60. The summed E-state index contributed by atoms with van der Waals surface area (Å²) in [4.78, 5) is 8.06. The minimum atomic E-state index is -0.0748. The summed E-state index contributed by atoms with van der Waals surface area (Å²) in [5, 5.41) is 13.0. The lowest BCUT2D eigenvalue weighted by Crippen LogP contribution is -2.59. The SMILES string of the molecule is OCC1=NOC2(C1)CN1CCC2CC1. The average molecular weight is 196 g/mol. The van der Waals surface area contributed by atoms with Gasteiger partial charge in [-0.2, -0.15) is 0 Å². The standard InChI is InChI=1S/C10H16N2O2/c13-6-9-5-10(14-11-9)7-12-3-1-8(10)2-4-12/h8,13H,1-7H2. The molecule has 4 aliphatic rings. The van der Waals surface area contributed by atoms with E-state index in [1.807, 2.05) is 0 Å². The molecule has 4 rings (SSSR count). The first-order valence-corrected chi connectivity index (χ1v) is 5.39. The van der Waals surface area contributed by atoms with Gasteiger partial charge in [-0.1, -0.05) is 5.16 Å². The zero-order valence-electron chi connectivity index (χ0n) is 8.28. The Kier molecular flexibility index (Phi) is 1.82. The lowest BCUT2D eigenvalue weighted by atomic mass is 9.73. The monoisotopic (exact) mass is 196 g/mol. The lowest BCUT2D eigenvalue weighted by molar-refractivity contribution is -0.136. The molecule has 1 atom stereocenters. The van der Waals surface area contributed by atoms with Gasteiger partial charge in [0.25, 0.3) is 0 Å². The van der Waals surface area contributed by atoms with E-state index in [1.165, 1.54) is 25.9 Å². The van der Waals surface area contributed by atoms with Gasteiger partial charge < -0.3 is 9.94 Å². The first kappa shape index (κ1) is 8.68. The third-order valence-corrected chi connectivity index (χ3v) is 3.87. The van der Waals surface area contributed by atoms with Gasteiger partial charge in [0.1, 0.15) is 0 Å². The van der Waals surface area contributed by atoms with Crippen molar-refractivity contribution >= 4 is 5.71 Å². The Morgan fingerprint density at radius 3 is 2.79 bits per heavy atom. The molecule has 4 heteroatoms. The number of hydrogen-bond acceptors (Lipinski definition) is 4. The summed E-state index contributed by atoms with van der Waals surface area (Å²) in [7, 11) is 0. The molecule has 0 amide bonds. The number of rotatable bonds is 1. The van der Waals surface area contributed by atoms with Crippen molar-refractivity contribution in [2.75, 3.05) is 26.2 Å². The topological polar surface area (TPSA) is 45.1 Å². The molecule has 4 aliphatic heterocycles. The maximum absolute atomic E-state index is 9.03. The molecule has 4 nitrogen and oxygen atoms in total. The Balaban J connectivity index is 1.80. The molecule has 3 fully saturated rings. The molecule has 2 bridgehead atoms. The molecule has 1 N–H and O–H groups in total. The van der Waals surface area contributed by atoms with Gasteiger partial charge in [0.05, 0.1) is 12.3 Å². The van der Waals surface area contributed by atoms with Crippen molar-refractivity contribution in [1.29, 1.82) is 0 Å². The largest absolute Gasteiger partial charge is 0.390 e. The maximum Gasteiger partial charge on any atom is 0.158 e. The highest BCUT2D eigenvalue weighted by Gasteiger charge is 2.52. The summed E-state index contributed by atoms with van der Waals surface area (Å²) >= 11 is 0. The third kappa shape index (κ3) is 1.10. The quantitative estimate of drug-likeness (QED) is 0.652. The summed E-state index contributed by atoms with van der Waals surface area (Å²) in [6, 6.07) is 0. The fourth-order valence-electron chi connectivity index (χ4n) is 3.08. The molecule has 0 aromatic heterocycles. The predicted molar refractivity (Wildman–Crippen MR) is 52.1 cm³/mol. The lowest BCUT2D eigenvalue weighted by Gasteiger charge is -2.49. The molecule has 14 heavy (non-hydrogen) atoms. The second-order valence-electron chi connectivity index (χ2n) is 4.70. The molecular weight excluding hydrogens is 180 g/mol. The van der Waals surface area contributed by atoms with Gasteiger partial charge in [-0.25, -0.2) is 0 Å². The highest BCUT2D eigenvalue weighted by Crippen LogP contribution is 2.43. The van der Waals surface area contributed by atoms with Crippen LogP contribution in [-0.2, 0) is 4.84 Å². The average Bonchev–Trinajstić information content (AvgIpc) is 2.63. The van der Waals surface area contributed by atoms with Gasteiger partial charge in [0.2, 0.25) is 0 Å². The fraction of sp³-hybridized carbons (Fsp3) is 0.900. The van der Waals surface area contributed by atoms with Crippen LogP contribution in [0.1, 0.15) is 19.3 Å². The molecule has 0 aliphatic carbocycles. The summed E-state index contributed by atoms with van der Waals surface area (Å²) in [6.45, 7) is 3.48. The Morgan fingerprint density at radius 2 is 2.29 bits per heavy atom. The van der Waals surface area contributed by atoms with E-state index in [0.717, 1.165) is 18.7 Å². The molecule has 0 saturated carbocycles. The van der Waals surface area contributed by atoms with Crippen molar-refractivity contribution in [2.45, 2.75) is 24.9 Å². The number of piperidine rings is 3. The summed E-state index contributed by atoms with van der Waals surface area (Å²) in [6.07, 6.45) is 3.30. The Labute approximate surface area is 83.5 Å². The number of aliphatic hydroxyl groups is 1. The molecule has 3 saturated heterocycles. The zero-order valence-corrected chi connectivity index (χ0v) is 8.28. The van der Waals surface area contributed by atoms with Crippen molar-refractivity contribution in [3.8, 4) is 0 Å². The van der Waals surface area contributed by atoms with Crippen molar-refractivity contribution < 1.29 is 9.94 Å². The number of nitrogens with zero attached hydrogens (tertiary/aromatic N) is 2. The van der Waals surface area contributed by atoms with E-state index < -0.39 is 0 Å². The number of fused-ring (bicyclic) bond motifs is 2. The van der Waals surface area contributed by atoms with Crippen LogP contribution in [-0.4, -0.2) is 47.6 Å². The van der Waals surface area contributed by atoms with E-state index in [-0.39, 0.29) is 12.2 Å². The Morgan fingerprint density at radius 1 is 1.50 bits per heavy atom. The summed E-state index contributed by atoms with van der Waals surface area (Å²) in [5.41, 5.74) is 0.743. The molecule has 1 unspecified atom stereocenters. The number of hydrogen-bond donors (Lipinski definition) is 1. The van der Waals surface area contributed by atoms with Gasteiger partial charge in [-0.15, -0.1) is 0 Å². The number of aliphatic hydroxyl groups excluding tert-OH is 1. The Bertz CT molecular complexity index is 271. The van der Waals surface area contributed by atoms with Crippen LogP contribution in [0.2, 0.25) is 0 Å². The van der Waals surface area contributed by atoms with Crippen LogP contribution in [0.5, 0.6) is 0 Å². The van der Waals surface area contributed by atoms with Crippen LogP contribution >= 0.6 is 0 Å². The molecular formula is C10H16N2O2. The van der Waals surface area contributed by atoms with Gasteiger partial charge in [0.15, 0.2) is 5.60 Å². The van der Waals surface area contributed by atoms with Crippen LogP contribution in [0.3, 0.4) is 0 Å². The van der Waals surface area contributed by atoms with Crippen LogP contribution in [0.15, 0.2) is 5.16 Å². The highest BCUT2D eigenvalue weighted by molar-refractivity contribution is 5.87. The molecule has 0 radical (unpaired) electrons. The van der Waals surface area contributed by atoms with E-state index in [2.05, 4.69) is 10.1 Å². The van der Waals surface area contributed by atoms with Crippen LogP contribution in [0.25, 0.3) is 0 Å². The van der Waals surface area contributed by atoms with Crippen molar-refractivity contribution in [1.82, 2.24) is 4.90 Å². The van der Waals surface area contributed by atoms with E-state index >= 15 is 0 Å². The molecule has 0 aromatic rings. The molecule has 0 aromatic carbocycles. The Hall–Kier alpha value is -0.610. The fourth-order valence-corrected chi connectivity index (χ4v) is 3.08. The second kappa shape index (κ2) is 2.94. The first-order valence-electron chi connectivity index (χ1n) is 5.39. The normalized spacial score (nSPS) is 45.4. The van der Waals surface area contributed by atoms with Crippen LogP contribution < -0.4 is 0 Å². The van der Waals surface area contributed by atoms with Crippen LogP contribution in [0, 0.1) is 5.92 Å². The summed E-state index contributed by atoms with van der Waals surface area (Å²) in [5.74, 6) is 0.653. The number of oxime groups is 1. The van der Waals surface area contributed by atoms with Gasteiger partial charge in [-0.3, -0.25) is 4.90 Å². The van der Waals surface area contributed by atoms with E-state index in [4.69, 9.17) is 9.94 Å². The van der Waals surface area contributed by atoms with E-state index in [1.54, 1.807) is 0 Å². The highest BCUT2D eigenvalue weighted by atomic mass is 16.7. The molecule has 78 valence electrons. The van der Waals surface area contributed by atoms with Crippen molar-refractivity contribution in [3.05, 3.63) is 0 Å². The third-order valence-electron chi connectivity index (χ3n) is 3.87. The predicted octanol–water partition coefficient (Wildman–Crippen LogP) is 0.219. The van der Waals surface area contributed by atoms with Crippen LogP contribution in [0.4, 0.5) is 0 Å². The smallest absolute Gasteiger partial charge is 0.158 e. The molecule has 4 heterocycles. The first-order chi connectivity index (χ1) is 6.82. The van der Waals surface area contributed by atoms with Crippen molar-refractivity contribution in [3.63, 3.8) is 0 Å².